The molecule has 174 valence electrons. The summed E-state index contributed by atoms with van der Waals surface area (Å²) < 4.78 is 75.0. The number of hydrogen-bond donors (Lipinski definition) is 0. The third-order valence-electron chi connectivity index (χ3n) is 3.88. The lowest BCUT2D eigenvalue weighted by atomic mass is 10.2. The van der Waals surface area contributed by atoms with Gasteiger partial charge in [-0.25, -0.2) is 0 Å². The molecular formula is C22H21F5O4S. The summed E-state index contributed by atoms with van der Waals surface area (Å²) >= 11 is 1.22. The quantitative estimate of drug-likeness (QED) is 0.304. The molecule has 2 aromatic carbocycles. The van der Waals surface area contributed by atoms with Crippen molar-refractivity contribution in [1.82, 2.24) is 0 Å². The van der Waals surface area contributed by atoms with Crippen LogP contribution in [0.1, 0.15) is 24.5 Å². The van der Waals surface area contributed by atoms with E-state index in [-0.39, 0.29) is 23.2 Å². The molecule has 0 unspecified atom stereocenters. The summed E-state index contributed by atoms with van der Waals surface area (Å²) in [6, 6.07) is 9.40. The summed E-state index contributed by atoms with van der Waals surface area (Å²) in [5, 5.41) is 0. The van der Waals surface area contributed by atoms with Crippen molar-refractivity contribution in [3.8, 4) is 11.5 Å². The molecule has 2 aromatic rings. The van der Waals surface area contributed by atoms with Crippen LogP contribution in [0.5, 0.6) is 11.5 Å². The van der Waals surface area contributed by atoms with Gasteiger partial charge < -0.3 is 9.47 Å². The molecule has 32 heavy (non-hydrogen) atoms. The zero-order valence-electron chi connectivity index (χ0n) is 17.3. The van der Waals surface area contributed by atoms with E-state index in [0.29, 0.717) is 6.61 Å². The number of carbonyl (C=O) groups excluding carboxylic acids is 2. The molecule has 0 saturated heterocycles. The molecule has 0 spiro atoms. The highest BCUT2D eigenvalue weighted by atomic mass is 32.2. The van der Waals surface area contributed by atoms with Crippen LogP contribution in [-0.2, 0) is 15.8 Å². The number of ether oxygens (including phenoxy) is 2. The van der Waals surface area contributed by atoms with Gasteiger partial charge in [0.05, 0.1) is 12.2 Å². The summed E-state index contributed by atoms with van der Waals surface area (Å²) in [5.74, 6) is 0.849. The van der Waals surface area contributed by atoms with Crippen LogP contribution in [0.15, 0.2) is 59.0 Å². The smallest absolute Gasteiger partial charge is 0.416 e. The van der Waals surface area contributed by atoms with Crippen molar-refractivity contribution in [1.29, 1.82) is 0 Å². The molecule has 0 saturated carbocycles. The van der Waals surface area contributed by atoms with E-state index >= 15 is 0 Å². The number of alkyl halides is 3. The molecule has 0 aromatic heterocycles. The molecule has 10 heteroatoms. The monoisotopic (exact) mass is 476 g/mol. The zero-order valence-corrected chi connectivity index (χ0v) is 18.1. The maximum absolute atomic E-state index is 13.2. The average Bonchev–Trinajstić information content (AvgIpc) is 2.73. The van der Waals surface area contributed by atoms with Crippen LogP contribution in [0, 0.1) is 6.92 Å². The van der Waals surface area contributed by atoms with Crippen LogP contribution in [0.25, 0.3) is 0 Å². The Morgan fingerprint density at radius 1 is 1.03 bits per heavy atom. The first-order chi connectivity index (χ1) is 15.1. The first kappa shape index (κ1) is 27.2. The number of hydrogen-bond acceptors (Lipinski definition) is 5. The second-order valence-corrected chi connectivity index (χ2v) is 7.37. The first-order valence-corrected chi connectivity index (χ1v) is 10.3. The van der Waals surface area contributed by atoms with Crippen molar-refractivity contribution in [2.75, 3.05) is 19.0 Å². The minimum atomic E-state index is -4.46. The summed E-state index contributed by atoms with van der Waals surface area (Å²) in [6.07, 6.45) is -5.18. The van der Waals surface area contributed by atoms with E-state index in [0.717, 1.165) is 46.9 Å². The number of halogens is 5. The fourth-order valence-electron chi connectivity index (χ4n) is 2.32. The Kier molecular flexibility index (Phi) is 11.5. The molecule has 0 fully saturated rings. The van der Waals surface area contributed by atoms with Crippen LogP contribution in [-0.4, -0.2) is 25.1 Å². The Hall–Kier alpha value is -2.84. The number of thioether (sulfide) groups is 1. The third-order valence-corrected chi connectivity index (χ3v) is 4.96. The first-order valence-electron chi connectivity index (χ1n) is 9.31. The van der Waals surface area contributed by atoms with Gasteiger partial charge >= 0.3 is 12.3 Å². The number of rotatable bonds is 9. The molecule has 0 N–H and O–H groups in total. The number of benzene rings is 2. The highest BCUT2D eigenvalue weighted by Gasteiger charge is 2.30. The van der Waals surface area contributed by atoms with Crippen LogP contribution in [0.3, 0.4) is 0 Å². The maximum Gasteiger partial charge on any atom is 0.416 e. The van der Waals surface area contributed by atoms with Gasteiger partial charge in [0.1, 0.15) is 18.1 Å². The van der Waals surface area contributed by atoms with E-state index in [1.807, 2.05) is 19.9 Å². The molecule has 0 aliphatic rings. The lowest BCUT2D eigenvalue weighted by molar-refractivity contribution is -0.191. The Labute approximate surface area is 186 Å². The summed E-state index contributed by atoms with van der Waals surface area (Å²) in [5.41, 5.74) is -0.135. The minimum absolute atomic E-state index is 0.00241. The van der Waals surface area contributed by atoms with Crippen LogP contribution < -0.4 is 9.47 Å². The Morgan fingerprint density at radius 3 is 2.16 bits per heavy atom. The van der Waals surface area contributed by atoms with Crippen LogP contribution in [0.4, 0.5) is 22.0 Å². The van der Waals surface area contributed by atoms with Gasteiger partial charge in [0.2, 0.25) is 0 Å². The molecule has 4 nitrogen and oxygen atoms in total. The van der Waals surface area contributed by atoms with Gasteiger partial charge in [0.15, 0.2) is 0 Å². The van der Waals surface area contributed by atoms with E-state index in [4.69, 9.17) is 19.1 Å². The Bertz CT molecular complexity index is 917. The zero-order chi connectivity index (χ0) is 24.1. The van der Waals surface area contributed by atoms with Crippen molar-refractivity contribution in [3.05, 3.63) is 65.2 Å². The van der Waals surface area contributed by atoms with Crippen molar-refractivity contribution < 1.29 is 41.0 Å². The van der Waals surface area contributed by atoms with Gasteiger partial charge in [-0.05, 0) is 61.4 Å². The SMILES string of the molecule is CCCOc1ccc(SCC(COc2ccc(C(F)(F)F)cc2)=C(F)F)cc1C.O=C=O. The highest BCUT2D eigenvalue weighted by molar-refractivity contribution is 7.99. The predicted molar refractivity (Wildman–Crippen MR) is 109 cm³/mol. The summed E-state index contributed by atoms with van der Waals surface area (Å²) in [4.78, 5) is 17.1. The number of aryl methyl sites for hydroxylation is 1. The second kappa shape index (κ2) is 13.5. The van der Waals surface area contributed by atoms with E-state index < -0.39 is 24.4 Å². The van der Waals surface area contributed by atoms with Gasteiger partial charge in [-0.1, -0.05) is 6.92 Å². The van der Waals surface area contributed by atoms with Gasteiger partial charge in [0.25, 0.3) is 6.08 Å². The van der Waals surface area contributed by atoms with Crippen molar-refractivity contribution in [3.63, 3.8) is 0 Å². The fourth-order valence-corrected chi connectivity index (χ4v) is 3.28. The Balaban J connectivity index is 0.00000161. The maximum atomic E-state index is 13.2. The molecule has 0 atom stereocenters. The lowest BCUT2D eigenvalue weighted by Gasteiger charge is -2.12. The summed E-state index contributed by atoms with van der Waals surface area (Å²) in [7, 11) is 0. The molecule has 0 bridgehead atoms. The van der Waals surface area contributed by atoms with Gasteiger partial charge in [0, 0.05) is 16.2 Å². The minimum Gasteiger partial charge on any atom is -0.493 e. The average molecular weight is 476 g/mol. The van der Waals surface area contributed by atoms with E-state index in [1.165, 1.54) is 11.8 Å². The molecule has 2 rings (SSSR count). The molecule has 0 aliphatic carbocycles. The normalized spacial score (nSPS) is 10.5. The molecule has 0 amide bonds. The third kappa shape index (κ3) is 9.53. The van der Waals surface area contributed by atoms with Crippen molar-refractivity contribution in [2.24, 2.45) is 0 Å². The molecule has 0 radical (unpaired) electrons. The van der Waals surface area contributed by atoms with Gasteiger partial charge in [-0.2, -0.15) is 31.5 Å². The van der Waals surface area contributed by atoms with Gasteiger partial charge in [-0.15, -0.1) is 11.8 Å². The largest absolute Gasteiger partial charge is 0.493 e. The topological polar surface area (TPSA) is 52.6 Å². The van der Waals surface area contributed by atoms with Crippen molar-refractivity contribution >= 4 is 17.9 Å². The fraction of sp³-hybridized carbons (Fsp3) is 0.318. The highest BCUT2D eigenvalue weighted by Crippen LogP contribution is 2.31. The predicted octanol–water partition coefficient (Wildman–Crippen LogP) is 6.54. The van der Waals surface area contributed by atoms with E-state index in [2.05, 4.69) is 0 Å². The lowest BCUT2D eigenvalue weighted by Crippen LogP contribution is -2.06. The van der Waals surface area contributed by atoms with Gasteiger partial charge in [-0.3, -0.25) is 0 Å². The Morgan fingerprint density at radius 2 is 1.66 bits per heavy atom. The summed E-state index contributed by atoms with van der Waals surface area (Å²) in [6.45, 7) is 4.09. The van der Waals surface area contributed by atoms with Crippen LogP contribution >= 0.6 is 11.8 Å². The van der Waals surface area contributed by atoms with E-state index in [1.54, 1.807) is 12.1 Å². The standard InChI is InChI=1S/C21H21F5O2S.CO2/c1-3-10-27-19-9-8-18(11-14(19)2)29-13-15(20(22)23)12-28-17-6-4-16(5-7-17)21(24,25)26;2-1-3/h4-9,11H,3,10,12-13H2,1-2H3;. The van der Waals surface area contributed by atoms with E-state index in [9.17, 15) is 22.0 Å². The van der Waals surface area contributed by atoms with Crippen LogP contribution in [0.2, 0.25) is 0 Å². The molecule has 0 heterocycles. The van der Waals surface area contributed by atoms with Crippen molar-refractivity contribution in [2.45, 2.75) is 31.3 Å². The molecule has 0 aliphatic heterocycles. The molecular weight excluding hydrogens is 455 g/mol. The second-order valence-electron chi connectivity index (χ2n) is 6.32.